The third kappa shape index (κ3) is 6.28. The highest BCUT2D eigenvalue weighted by Gasteiger charge is 2.28. The van der Waals surface area contributed by atoms with Crippen LogP contribution in [0, 0.1) is 0 Å². The topological polar surface area (TPSA) is 119 Å². The summed E-state index contributed by atoms with van der Waals surface area (Å²) in [6.07, 6.45) is 1.45. The van der Waals surface area contributed by atoms with E-state index in [0.29, 0.717) is 28.4 Å². The number of benzene rings is 2. The standard InChI is InChI=1S/C29H33ClN4O6/c1-8-34(9-2)18-10-12-20(22(14-18)31-17(4)35)32-21-15-23(26(36)25(30)16(21)3)33-29(37)19-11-13-24(38-5)28(40-7)27(19)39-6/h10-15H,8-9H2,1-7H3,(H,31,35)(H,33,37). The number of hydrogen-bond acceptors (Lipinski definition) is 8. The summed E-state index contributed by atoms with van der Waals surface area (Å²) in [4.78, 5) is 45.1. The minimum Gasteiger partial charge on any atom is -0.493 e. The Morgan fingerprint density at radius 1 is 0.975 bits per heavy atom. The molecule has 2 aromatic carbocycles. The first-order valence-electron chi connectivity index (χ1n) is 12.6. The lowest BCUT2D eigenvalue weighted by Gasteiger charge is -2.22. The molecule has 40 heavy (non-hydrogen) atoms. The molecule has 0 radical (unpaired) electrons. The Morgan fingerprint density at radius 3 is 2.23 bits per heavy atom. The van der Waals surface area contributed by atoms with Gasteiger partial charge in [0.2, 0.25) is 17.4 Å². The Hall–Kier alpha value is -4.31. The molecular formula is C29H33ClN4O6. The number of ether oxygens (including phenoxy) is 3. The summed E-state index contributed by atoms with van der Waals surface area (Å²) in [5.41, 5.74) is 2.71. The summed E-state index contributed by atoms with van der Waals surface area (Å²) in [6, 6.07) is 8.59. The summed E-state index contributed by atoms with van der Waals surface area (Å²) in [7, 11) is 4.29. The number of rotatable bonds is 10. The molecule has 1 aliphatic carbocycles. The zero-order valence-electron chi connectivity index (χ0n) is 23.6. The second kappa shape index (κ2) is 13.2. The van der Waals surface area contributed by atoms with Gasteiger partial charge in [-0.2, -0.15) is 0 Å². The van der Waals surface area contributed by atoms with E-state index in [1.54, 1.807) is 19.1 Å². The number of allylic oxidation sites excluding steroid dienone is 3. The fourth-order valence-corrected chi connectivity index (χ4v) is 4.42. The van der Waals surface area contributed by atoms with E-state index in [4.69, 9.17) is 30.8 Å². The van der Waals surface area contributed by atoms with Gasteiger partial charge in [-0.05, 0) is 62.8 Å². The number of carbonyl (C=O) groups excluding carboxylic acids is 3. The zero-order valence-corrected chi connectivity index (χ0v) is 24.4. The third-order valence-corrected chi connectivity index (χ3v) is 6.75. The number of nitrogens with one attached hydrogen (secondary N) is 2. The van der Waals surface area contributed by atoms with Gasteiger partial charge in [0.15, 0.2) is 11.5 Å². The number of Topliss-reactive ketones (excluding diaryl/α,β-unsaturated/α-hetero) is 1. The average molecular weight is 569 g/mol. The van der Waals surface area contributed by atoms with Crippen molar-refractivity contribution in [1.29, 1.82) is 0 Å². The fraction of sp³-hybridized carbons (Fsp3) is 0.310. The summed E-state index contributed by atoms with van der Waals surface area (Å²) in [5.74, 6) is -0.691. The number of nitrogens with zero attached hydrogens (tertiary/aromatic N) is 2. The molecule has 2 amide bonds. The molecule has 2 aromatic rings. The molecule has 0 spiro atoms. The van der Waals surface area contributed by atoms with E-state index < -0.39 is 11.7 Å². The lowest BCUT2D eigenvalue weighted by Crippen LogP contribution is -2.31. The first-order valence-corrected chi connectivity index (χ1v) is 13.0. The van der Waals surface area contributed by atoms with Crippen molar-refractivity contribution in [2.45, 2.75) is 27.7 Å². The Morgan fingerprint density at radius 2 is 1.65 bits per heavy atom. The third-order valence-electron chi connectivity index (χ3n) is 6.30. The zero-order chi connectivity index (χ0) is 29.6. The predicted octanol–water partition coefficient (Wildman–Crippen LogP) is 5.00. The van der Waals surface area contributed by atoms with Crippen molar-refractivity contribution in [3.05, 3.63) is 58.3 Å². The molecule has 11 heteroatoms. The molecule has 0 bridgehead atoms. The smallest absolute Gasteiger partial charge is 0.259 e. The van der Waals surface area contributed by atoms with E-state index in [9.17, 15) is 14.4 Å². The fourth-order valence-electron chi connectivity index (χ4n) is 4.22. The number of anilines is 2. The Balaban J connectivity index is 2.05. The summed E-state index contributed by atoms with van der Waals surface area (Å²) in [5, 5.41) is 5.36. The maximum Gasteiger partial charge on any atom is 0.259 e. The van der Waals surface area contributed by atoms with Crippen LogP contribution >= 0.6 is 11.6 Å². The molecule has 0 heterocycles. The van der Waals surface area contributed by atoms with Crippen molar-refractivity contribution < 1.29 is 28.6 Å². The highest BCUT2D eigenvalue weighted by molar-refractivity contribution is 6.49. The van der Waals surface area contributed by atoms with Gasteiger partial charge in [-0.1, -0.05) is 11.6 Å². The van der Waals surface area contributed by atoms with Gasteiger partial charge in [0, 0.05) is 25.7 Å². The predicted molar refractivity (Wildman–Crippen MR) is 157 cm³/mol. The van der Waals surface area contributed by atoms with Crippen LogP contribution in [0.3, 0.4) is 0 Å². The van der Waals surface area contributed by atoms with Gasteiger partial charge in [-0.25, -0.2) is 4.99 Å². The molecule has 1 aliphatic rings. The number of ketones is 1. The van der Waals surface area contributed by atoms with Crippen LogP contribution in [0.5, 0.6) is 17.2 Å². The molecule has 0 atom stereocenters. The lowest BCUT2D eigenvalue weighted by atomic mass is 10.0. The van der Waals surface area contributed by atoms with Crippen molar-refractivity contribution in [2.75, 3.05) is 44.6 Å². The molecule has 0 aliphatic heterocycles. The van der Waals surface area contributed by atoms with E-state index >= 15 is 0 Å². The molecule has 0 saturated carbocycles. The van der Waals surface area contributed by atoms with Gasteiger partial charge in [0.1, 0.15) is 0 Å². The van der Waals surface area contributed by atoms with Crippen LogP contribution in [0.2, 0.25) is 0 Å². The second-order valence-corrected chi connectivity index (χ2v) is 9.09. The first kappa shape index (κ1) is 30.2. The van der Waals surface area contributed by atoms with Crippen molar-refractivity contribution in [3.8, 4) is 17.2 Å². The number of amides is 2. The number of halogens is 1. The van der Waals surface area contributed by atoms with Gasteiger partial charge in [-0.15, -0.1) is 0 Å². The molecule has 212 valence electrons. The summed E-state index contributed by atoms with van der Waals surface area (Å²) >= 11 is 6.40. The van der Waals surface area contributed by atoms with Gasteiger partial charge in [0.25, 0.3) is 5.91 Å². The quantitative estimate of drug-likeness (QED) is 0.387. The molecule has 0 unspecified atom stereocenters. The van der Waals surface area contributed by atoms with Crippen LogP contribution in [0.4, 0.5) is 17.1 Å². The first-order chi connectivity index (χ1) is 19.1. The van der Waals surface area contributed by atoms with Crippen molar-refractivity contribution in [1.82, 2.24) is 5.32 Å². The number of hydrogen-bond donors (Lipinski definition) is 2. The second-order valence-electron chi connectivity index (χ2n) is 8.71. The number of aliphatic imine (C=N–C) groups is 1. The largest absolute Gasteiger partial charge is 0.493 e. The van der Waals surface area contributed by atoms with E-state index in [-0.39, 0.29) is 33.7 Å². The van der Waals surface area contributed by atoms with E-state index in [1.165, 1.54) is 40.4 Å². The van der Waals surface area contributed by atoms with E-state index in [2.05, 4.69) is 15.5 Å². The minimum absolute atomic E-state index is 0.0722. The molecule has 10 nitrogen and oxygen atoms in total. The molecule has 0 saturated heterocycles. The highest BCUT2D eigenvalue weighted by Crippen LogP contribution is 2.40. The van der Waals surface area contributed by atoms with Crippen LogP contribution in [-0.4, -0.2) is 57.7 Å². The van der Waals surface area contributed by atoms with Crippen LogP contribution in [0.15, 0.2) is 57.7 Å². The van der Waals surface area contributed by atoms with Gasteiger partial charge in [0.05, 0.1) is 54.7 Å². The average Bonchev–Trinajstić information content (AvgIpc) is 2.94. The van der Waals surface area contributed by atoms with Crippen LogP contribution in [0.1, 0.15) is 38.1 Å². The van der Waals surface area contributed by atoms with Crippen molar-refractivity contribution in [3.63, 3.8) is 0 Å². The maximum absolute atomic E-state index is 13.3. The van der Waals surface area contributed by atoms with Crippen LogP contribution < -0.4 is 29.7 Å². The maximum atomic E-state index is 13.3. The monoisotopic (exact) mass is 568 g/mol. The van der Waals surface area contributed by atoms with E-state index in [1.807, 2.05) is 26.0 Å². The van der Waals surface area contributed by atoms with E-state index in [0.717, 1.165) is 18.8 Å². The normalized spacial score (nSPS) is 14.1. The molecule has 0 aromatic heterocycles. The Labute approximate surface area is 238 Å². The minimum atomic E-state index is -0.622. The summed E-state index contributed by atoms with van der Waals surface area (Å²) < 4.78 is 16.0. The summed E-state index contributed by atoms with van der Waals surface area (Å²) in [6.45, 7) is 8.75. The molecule has 3 rings (SSSR count). The number of carbonyl (C=O) groups is 3. The van der Waals surface area contributed by atoms with Gasteiger partial charge >= 0.3 is 0 Å². The van der Waals surface area contributed by atoms with Crippen molar-refractivity contribution in [2.24, 2.45) is 4.99 Å². The van der Waals surface area contributed by atoms with Crippen LogP contribution in [-0.2, 0) is 9.59 Å². The molecule has 0 fully saturated rings. The SMILES string of the molecule is CCN(CC)c1ccc(N=C2C=C(NC(=O)c3ccc(OC)c(OC)c3OC)C(=O)C(Cl)=C2C)c(NC(C)=O)c1. The number of methoxy groups -OCH3 is 3. The molecular weight excluding hydrogens is 536 g/mol. The molecule has 2 N–H and O–H groups in total. The lowest BCUT2D eigenvalue weighted by molar-refractivity contribution is -0.114. The van der Waals surface area contributed by atoms with Gasteiger partial charge in [-0.3, -0.25) is 14.4 Å². The van der Waals surface area contributed by atoms with Crippen molar-refractivity contribution >= 4 is 52.0 Å². The van der Waals surface area contributed by atoms with Crippen LogP contribution in [0.25, 0.3) is 0 Å². The Kier molecular flexibility index (Phi) is 9.95. The Bertz CT molecular complexity index is 1430. The van der Waals surface area contributed by atoms with Gasteiger partial charge < -0.3 is 29.7 Å². The highest BCUT2D eigenvalue weighted by atomic mass is 35.5.